The second-order valence-corrected chi connectivity index (χ2v) is 5.76. The van der Waals surface area contributed by atoms with Gasteiger partial charge in [0.1, 0.15) is 0 Å². The van der Waals surface area contributed by atoms with Gasteiger partial charge in [0.2, 0.25) is 0 Å². The minimum atomic E-state index is 0. The fraction of sp³-hybridized carbons (Fsp3) is 0.200. The summed E-state index contributed by atoms with van der Waals surface area (Å²) in [6.45, 7) is 4.50. The molecule has 0 fully saturated rings. The molecule has 0 bridgehead atoms. The Balaban J connectivity index is 0.00000132. The van der Waals surface area contributed by atoms with Gasteiger partial charge >= 0.3 is 0 Å². The van der Waals surface area contributed by atoms with Gasteiger partial charge in [-0.15, -0.1) is 40.0 Å². The van der Waals surface area contributed by atoms with E-state index in [1.165, 1.54) is 44.5 Å². The van der Waals surface area contributed by atoms with Gasteiger partial charge in [0.25, 0.3) is 0 Å². The van der Waals surface area contributed by atoms with Crippen molar-refractivity contribution in [3.63, 3.8) is 0 Å². The van der Waals surface area contributed by atoms with E-state index in [4.69, 9.17) is 0 Å². The maximum atomic E-state index is 3.71. The average molecular weight is 349 g/mol. The van der Waals surface area contributed by atoms with Crippen LogP contribution in [-0.2, 0) is 32.6 Å². The van der Waals surface area contributed by atoms with E-state index in [0.717, 1.165) is 12.8 Å². The first-order chi connectivity index (χ1) is 9.75. The molecule has 0 unspecified atom stereocenters. The largest absolute Gasteiger partial charge is 0.143 e. The molecule has 0 radical (unpaired) electrons. The Labute approximate surface area is 145 Å². The molecule has 0 aliphatic heterocycles. The van der Waals surface area contributed by atoms with Crippen molar-refractivity contribution in [2.75, 3.05) is 0 Å². The summed E-state index contributed by atoms with van der Waals surface area (Å²) in [5.74, 6) is 0. The van der Waals surface area contributed by atoms with Crippen molar-refractivity contribution < 1.29 is 26.2 Å². The van der Waals surface area contributed by atoms with Crippen LogP contribution in [0, 0.1) is 19.9 Å². The van der Waals surface area contributed by atoms with Gasteiger partial charge in [-0.25, -0.2) is 0 Å². The van der Waals surface area contributed by atoms with E-state index in [-0.39, 0.29) is 26.2 Å². The van der Waals surface area contributed by atoms with Gasteiger partial charge in [0.05, 0.1) is 0 Å². The van der Waals surface area contributed by atoms with Crippen LogP contribution in [0.3, 0.4) is 0 Å². The quantitative estimate of drug-likeness (QED) is 0.542. The molecule has 2 aromatic rings. The van der Waals surface area contributed by atoms with Gasteiger partial charge in [-0.1, -0.05) is 61.4 Å². The molecule has 0 spiro atoms. The number of benzene rings is 2. The average Bonchev–Trinajstić information content (AvgIpc) is 3.09. The normalized spacial score (nSPS) is 14.5. The molecule has 0 nitrogen and oxygen atoms in total. The minimum absolute atomic E-state index is 0. The van der Waals surface area contributed by atoms with Gasteiger partial charge in [-0.05, 0) is 18.4 Å². The monoisotopic (exact) mass is 347 g/mol. The zero-order valence-corrected chi connectivity index (χ0v) is 14.9. The number of hydrogen-bond acceptors (Lipinski definition) is 0. The second kappa shape index (κ2) is 5.54. The van der Waals surface area contributed by atoms with E-state index in [2.05, 4.69) is 62.4 Å². The topological polar surface area (TPSA) is 0 Å². The SMILES string of the molecule is Cc1c(C2=CC=CC2)[c-]c2c(c1C)-c1ccccc1C2.[Zr]. The molecule has 0 N–H and O–H groups in total. The first kappa shape index (κ1) is 14.7. The van der Waals surface area contributed by atoms with Crippen molar-refractivity contribution in [2.45, 2.75) is 26.7 Å². The summed E-state index contributed by atoms with van der Waals surface area (Å²) in [5.41, 5.74) is 11.2. The fourth-order valence-corrected chi connectivity index (χ4v) is 3.47. The maximum absolute atomic E-state index is 3.71. The second-order valence-electron chi connectivity index (χ2n) is 5.76. The molecule has 102 valence electrons. The Morgan fingerprint density at radius 1 is 1.05 bits per heavy atom. The number of rotatable bonds is 1. The third-order valence-electron chi connectivity index (χ3n) is 4.64. The molecule has 0 aromatic heterocycles. The van der Waals surface area contributed by atoms with Gasteiger partial charge in [0.15, 0.2) is 0 Å². The van der Waals surface area contributed by atoms with Crippen molar-refractivity contribution in [1.82, 2.24) is 0 Å². The van der Waals surface area contributed by atoms with E-state index in [1.54, 1.807) is 0 Å². The molecule has 2 aliphatic rings. The van der Waals surface area contributed by atoms with E-state index < -0.39 is 0 Å². The molecule has 2 aliphatic carbocycles. The van der Waals surface area contributed by atoms with E-state index >= 15 is 0 Å². The number of allylic oxidation sites excluding steroid dienone is 4. The first-order valence-corrected chi connectivity index (χ1v) is 7.25. The molecule has 0 saturated carbocycles. The predicted molar refractivity (Wildman–Crippen MR) is 84.7 cm³/mol. The molecule has 0 heterocycles. The predicted octanol–water partition coefficient (Wildman–Crippen LogP) is 5.02. The van der Waals surface area contributed by atoms with Crippen molar-refractivity contribution >= 4 is 5.57 Å². The maximum Gasteiger partial charge on any atom is 0 e. The summed E-state index contributed by atoms with van der Waals surface area (Å²) < 4.78 is 0. The van der Waals surface area contributed by atoms with Crippen LogP contribution in [0.5, 0.6) is 0 Å². The summed E-state index contributed by atoms with van der Waals surface area (Å²) in [6, 6.07) is 12.5. The summed E-state index contributed by atoms with van der Waals surface area (Å²) in [6.07, 6.45) is 8.68. The summed E-state index contributed by atoms with van der Waals surface area (Å²) >= 11 is 0. The van der Waals surface area contributed by atoms with Crippen LogP contribution in [-0.4, -0.2) is 0 Å². The zero-order chi connectivity index (χ0) is 13.7. The Kier molecular flexibility index (Phi) is 3.88. The van der Waals surface area contributed by atoms with Gasteiger partial charge in [-0.2, -0.15) is 0 Å². The smallest absolute Gasteiger partial charge is 0 e. The zero-order valence-electron chi connectivity index (χ0n) is 12.5. The van der Waals surface area contributed by atoms with E-state index in [9.17, 15) is 0 Å². The summed E-state index contributed by atoms with van der Waals surface area (Å²) in [5, 5.41) is 0. The first-order valence-electron chi connectivity index (χ1n) is 7.25. The van der Waals surface area contributed by atoms with Crippen LogP contribution >= 0.6 is 0 Å². The van der Waals surface area contributed by atoms with Crippen molar-refractivity contribution in [3.8, 4) is 11.1 Å². The standard InChI is InChI=1S/C20H17.Zr/c1-13-14(2)20-17(11-16-9-5-6-10-18(16)20)12-19(13)15-7-3-4-8-15;/h3-7,9-10H,8,11H2,1-2H3;/q-1;. The van der Waals surface area contributed by atoms with Crippen LogP contribution in [0.1, 0.15) is 34.2 Å². The third-order valence-corrected chi connectivity index (χ3v) is 4.64. The van der Waals surface area contributed by atoms with Crippen LogP contribution in [0.25, 0.3) is 16.7 Å². The molecule has 4 rings (SSSR count). The summed E-state index contributed by atoms with van der Waals surface area (Å²) in [4.78, 5) is 0. The Hall–Kier alpha value is -1.20. The van der Waals surface area contributed by atoms with Crippen molar-refractivity contribution in [1.29, 1.82) is 0 Å². The Morgan fingerprint density at radius 3 is 2.62 bits per heavy atom. The molecule has 21 heavy (non-hydrogen) atoms. The van der Waals surface area contributed by atoms with Crippen molar-refractivity contribution in [2.24, 2.45) is 0 Å². The molecule has 0 amide bonds. The fourth-order valence-electron chi connectivity index (χ4n) is 3.47. The van der Waals surface area contributed by atoms with Gasteiger partial charge < -0.3 is 0 Å². The molecule has 0 atom stereocenters. The van der Waals surface area contributed by atoms with Crippen LogP contribution in [0.4, 0.5) is 0 Å². The molecular weight excluding hydrogens is 331 g/mol. The molecule has 0 saturated heterocycles. The van der Waals surface area contributed by atoms with Gasteiger partial charge in [0, 0.05) is 26.2 Å². The van der Waals surface area contributed by atoms with Crippen LogP contribution < -0.4 is 0 Å². The van der Waals surface area contributed by atoms with E-state index in [0.29, 0.717) is 0 Å². The molecule has 1 heteroatoms. The van der Waals surface area contributed by atoms with Gasteiger partial charge in [-0.3, -0.25) is 0 Å². The van der Waals surface area contributed by atoms with E-state index in [1.807, 2.05) is 0 Å². The Morgan fingerprint density at radius 2 is 1.86 bits per heavy atom. The molecular formula is C20H17Zr-. The molecule has 2 aromatic carbocycles. The number of fused-ring (bicyclic) bond motifs is 3. The minimum Gasteiger partial charge on any atom is -0.143 e. The third kappa shape index (κ3) is 2.23. The summed E-state index contributed by atoms with van der Waals surface area (Å²) in [7, 11) is 0. The number of hydrogen-bond donors (Lipinski definition) is 0. The van der Waals surface area contributed by atoms with Crippen LogP contribution in [0.15, 0.2) is 42.5 Å². The van der Waals surface area contributed by atoms with Crippen LogP contribution in [0.2, 0.25) is 0 Å². The Bertz CT molecular complexity index is 779. The van der Waals surface area contributed by atoms with Crippen molar-refractivity contribution in [3.05, 3.63) is 76.4 Å².